The molecule has 3 rings (SSSR count). The molecule has 1 aliphatic heterocycles. The van der Waals surface area contributed by atoms with Gasteiger partial charge in [-0.05, 0) is 24.6 Å². The zero-order valence-electron chi connectivity index (χ0n) is 19.9. The first-order valence-corrected chi connectivity index (χ1v) is 12.3. The fraction of sp³-hybridized carbons (Fsp3) is 0.458. The van der Waals surface area contributed by atoms with Crippen LogP contribution in [0.1, 0.15) is 25.0 Å². The lowest BCUT2D eigenvalue weighted by molar-refractivity contribution is 0.170. The minimum Gasteiger partial charge on any atom is -0.493 e. The minimum absolute atomic E-state index is 0.137. The van der Waals surface area contributed by atoms with Gasteiger partial charge in [-0.15, -0.1) is 0 Å². The Hall–Kier alpha value is -2.78. The van der Waals surface area contributed by atoms with Gasteiger partial charge in [0.05, 0.1) is 19.1 Å². The van der Waals surface area contributed by atoms with E-state index in [0.717, 1.165) is 5.56 Å². The molecule has 0 aliphatic carbocycles. The van der Waals surface area contributed by atoms with Gasteiger partial charge in [0.15, 0.2) is 11.5 Å². The molecule has 0 saturated carbocycles. The van der Waals surface area contributed by atoms with Crippen LogP contribution in [0.5, 0.6) is 11.5 Å². The Morgan fingerprint density at radius 3 is 2.27 bits per heavy atom. The predicted octanol–water partition coefficient (Wildman–Crippen LogP) is 3.01. The van der Waals surface area contributed by atoms with Crippen molar-refractivity contribution in [3.05, 3.63) is 53.6 Å². The zero-order chi connectivity index (χ0) is 24.2. The van der Waals surface area contributed by atoms with Crippen molar-refractivity contribution in [3.63, 3.8) is 0 Å². The Balaban J connectivity index is 1.59. The molecule has 1 saturated heterocycles. The normalized spacial score (nSPS) is 15.2. The molecule has 33 heavy (non-hydrogen) atoms. The van der Waals surface area contributed by atoms with E-state index in [-0.39, 0.29) is 29.4 Å². The summed E-state index contributed by atoms with van der Waals surface area (Å²) < 4.78 is 38.0. The molecule has 1 heterocycles. The molecule has 9 heteroatoms. The van der Waals surface area contributed by atoms with Gasteiger partial charge in [0.1, 0.15) is 0 Å². The number of nitrogens with one attached hydrogen (secondary N) is 1. The lowest BCUT2D eigenvalue weighted by atomic mass is 9.84. The highest BCUT2D eigenvalue weighted by molar-refractivity contribution is 7.89. The SMILES string of the molecule is COc1ccc(S(=O)(=O)N2CCN(C(=O)NCC(C)(C)c3cccc(C)c3)CC2)cc1OC. The first-order valence-electron chi connectivity index (χ1n) is 10.9. The van der Waals surface area contributed by atoms with Crippen molar-refractivity contribution in [3.8, 4) is 11.5 Å². The second-order valence-corrected chi connectivity index (χ2v) is 10.8. The largest absolute Gasteiger partial charge is 0.493 e. The molecule has 0 atom stereocenters. The van der Waals surface area contributed by atoms with Gasteiger partial charge in [-0.25, -0.2) is 13.2 Å². The van der Waals surface area contributed by atoms with Gasteiger partial charge in [0, 0.05) is 44.2 Å². The first-order chi connectivity index (χ1) is 15.6. The summed E-state index contributed by atoms with van der Waals surface area (Å²) in [6.07, 6.45) is 0. The maximum atomic E-state index is 13.1. The van der Waals surface area contributed by atoms with Crippen LogP contribution in [-0.4, -0.2) is 70.6 Å². The van der Waals surface area contributed by atoms with Crippen molar-refractivity contribution in [1.82, 2.24) is 14.5 Å². The van der Waals surface area contributed by atoms with Gasteiger partial charge in [-0.1, -0.05) is 43.7 Å². The number of rotatable bonds is 7. The van der Waals surface area contributed by atoms with Gasteiger partial charge in [0.25, 0.3) is 0 Å². The van der Waals surface area contributed by atoms with E-state index in [2.05, 4.69) is 31.3 Å². The predicted molar refractivity (Wildman–Crippen MR) is 127 cm³/mol. The monoisotopic (exact) mass is 475 g/mol. The quantitative estimate of drug-likeness (QED) is 0.665. The zero-order valence-corrected chi connectivity index (χ0v) is 20.7. The molecule has 2 amide bonds. The van der Waals surface area contributed by atoms with Gasteiger partial charge in [-0.3, -0.25) is 0 Å². The standard InChI is InChI=1S/C24H33N3O5S/c1-18-7-6-8-19(15-18)24(2,3)17-25-23(28)26-11-13-27(14-12-26)33(29,30)20-9-10-21(31-4)22(16-20)32-5/h6-10,15-16H,11-14,17H2,1-5H3,(H,25,28). The number of nitrogens with zero attached hydrogens (tertiary/aromatic N) is 2. The molecule has 0 bridgehead atoms. The lowest BCUT2D eigenvalue weighted by Crippen LogP contribution is -2.54. The van der Waals surface area contributed by atoms with E-state index < -0.39 is 10.0 Å². The highest BCUT2D eigenvalue weighted by Crippen LogP contribution is 2.31. The molecular formula is C24H33N3O5S. The highest BCUT2D eigenvalue weighted by Gasteiger charge is 2.31. The third kappa shape index (κ3) is 5.59. The summed E-state index contributed by atoms with van der Waals surface area (Å²) in [7, 11) is -0.742. The summed E-state index contributed by atoms with van der Waals surface area (Å²) in [6, 6.07) is 12.6. The van der Waals surface area contributed by atoms with Crippen LogP contribution in [0.15, 0.2) is 47.4 Å². The Kier molecular flexibility index (Phi) is 7.54. The van der Waals surface area contributed by atoms with Gasteiger partial charge in [-0.2, -0.15) is 4.31 Å². The van der Waals surface area contributed by atoms with E-state index >= 15 is 0 Å². The van der Waals surface area contributed by atoms with Crippen LogP contribution in [0.4, 0.5) is 4.79 Å². The molecule has 1 N–H and O–H groups in total. The third-order valence-electron chi connectivity index (χ3n) is 6.00. The number of carbonyl (C=O) groups excluding carboxylic acids is 1. The van der Waals surface area contributed by atoms with Crippen LogP contribution in [0.3, 0.4) is 0 Å². The van der Waals surface area contributed by atoms with Crippen molar-refractivity contribution in [2.75, 3.05) is 46.9 Å². The van der Waals surface area contributed by atoms with Crippen LogP contribution in [0.25, 0.3) is 0 Å². The Bertz CT molecular complexity index is 1090. The number of urea groups is 1. The van der Waals surface area contributed by atoms with E-state index in [0.29, 0.717) is 31.1 Å². The van der Waals surface area contributed by atoms with Crippen molar-refractivity contribution >= 4 is 16.1 Å². The van der Waals surface area contributed by atoms with Gasteiger partial charge in [0.2, 0.25) is 10.0 Å². The summed E-state index contributed by atoms with van der Waals surface area (Å²) in [5.41, 5.74) is 2.12. The summed E-state index contributed by atoms with van der Waals surface area (Å²) in [4.78, 5) is 14.5. The highest BCUT2D eigenvalue weighted by atomic mass is 32.2. The van der Waals surface area contributed by atoms with E-state index in [1.54, 1.807) is 11.0 Å². The molecule has 1 fully saturated rings. The molecule has 1 aliphatic rings. The molecule has 0 radical (unpaired) electrons. The smallest absolute Gasteiger partial charge is 0.317 e. The number of carbonyl (C=O) groups is 1. The van der Waals surface area contributed by atoms with Crippen LogP contribution in [0, 0.1) is 6.92 Å². The van der Waals surface area contributed by atoms with E-state index in [1.165, 1.54) is 36.2 Å². The number of methoxy groups -OCH3 is 2. The number of piperazine rings is 1. The third-order valence-corrected chi connectivity index (χ3v) is 7.89. The average Bonchev–Trinajstić information content (AvgIpc) is 2.82. The second kappa shape index (κ2) is 10.0. The number of hydrogen-bond acceptors (Lipinski definition) is 5. The number of ether oxygens (including phenoxy) is 2. The molecule has 8 nitrogen and oxygen atoms in total. The van der Waals surface area contributed by atoms with Gasteiger partial charge < -0.3 is 19.7 Å². The number of aryl methyl sites for hydroxylation is 1. The van der Waals surface area contributed by atoms with Crippen LogP contribution >= 0.6 is 0 Å². The summed E-state index contributed by atoms with van der Waals surface area (Å²) in [5, 5.41) is 3.01. The van der Waals surface area contributed by atoms with E-state index in [1.807, 2.05) is 19.1 Å². The van der Waals surface area contributed by atoms with Crippen molar-refractivity contribution in [2.45, 2.75) is 31.1 Å². The summed E-state index contributed by atoms with van der Waals surface area (Å²) in [6.45, 7) is 7.82. The maximum absolute atomic E-state index is 13.1. The molecule has 0 unspecified atom stereocenters. The van der Waals surface area contributed by atoms with Crippen LogP contribution in [-0.2, 0) is 15.4 Å². The topological polar surface area (TPSA) is 88.2 Å². The summed E-state index contributed by atoms with van der Waals surface area (Å²) in [5.74, 6) is 0.819. The minimum atomic E-state index is -3.70. The van der Waals surface area contributed by atoms with Gasteiger partial charge >= 0.3 is 6.03 Å². The number of hydrogen-bond donors (Lipinski definition) is 1. The number of sulfonamides is 1. The molecular weight excluding hydrogens is 442 g/mol. The van der Waals surface area contributed by atoms with Crippen molar-refractivity contribution < 1.29 is 22.7 Å². The average molecular weight is 476 g/mol. The van der Waals surface area contributed by atoms with E-state index in [9.17, 15) is 13.2 Å². The van der Waals surface area contributed by atoms with E-state index in [4.69, 9.17) is 9.47 Å². The molecule has 0 spiro atoms. The second-order valence-electron chi connectivity index (χ2n) is 8.82. The van der Waals surface area contributed by atoms with Crippen molar-refractivity contribution in [2.24, 2.45) is 0 Å². The molecule has 2 aromatic carbocycles. The van der Waals surface area contributed by atoms with Crippen LogP contribution in [0.2, 0.25) is 0 Å². The molecule has 2 aromatic rings. The van der Waals surface area contributed by atoms with Crippen molar-refractivity contribution in [1.29, 1.82) is 0 Å². The summed E-state index contributed by atoms with van der Waals surface area (Å²) >= 11 is 0. The molecule has 0 aromatic heterocycles. The molecule has 180 valence electrons. The number of amides is 2. The Labute approximate surface area is 196 Å². The number of benzene rings is 2. The van der Waals surface area contributed by atoms with Crippen LogP contribution < -0.4 is 14.8 Å². The maximum Gasteiger partial charge on any atom is 0.317 e. The fourth-order valence-corrected chi connectivity index (χ4v) is 5.27. The fourth-order valence-electron chi connectivity index (χ4n) is 3.83. The Morgan fingerprint density at radius 2 is 1.67 bits per heavy atom. The first kappa shape index (κ1) is 24.9. The lowest BCUT2D eigenvalue weighted by Gasteiger charge is -2.35. The Morgan fingerprint density at radius 1 is 1.00 bits per heavy atom.